The first-order valence-electron chi connectivity index (χ1n) is 4.07. The van der Waals surface area contributed by atoms with E-state index in [-0.39, 0.29) is 6.10 Å². The summed E-state index contributed by atoms with van der Waals surface area (Å²) in [5.74, 6) is 0.358. The molecule has 0 aliphatic rings. The van der Waals surface area contributed by atoms with Crippen molar-refractivity contribution in [3.05, 3.63) is 19.9 Å². The molecule has 0 spiro atoms. The minimum atomic E-state index is -0.276. The molecule has 1 aromatic rings. The third kappa shape index (κ3) is 2.20. The Balaban J connectivity index is 2.77. The van der Waals surface area contributed by atoms with Crippen LogP contribution in [0.5, 0.6) is 0 Å². The summed E-state index contributed by atoms with van der Waals surface area (Å²) in [4.78, 5) is 1.12. The van der Waals surface area contributed by atoms with Crippen LogP contribution in [0.15, 0.2) is 11.4 Å². The molecule has 1 heterocycles. The Bertz CT molecular complexity index is 246. The highest BCUT2D eigenvalue weighted by Gasteiger charge is 2.17. The predicted octanol–water partition coefficient (Wildman–Crippen LogP) is 3.43. The van der Waals surface area contributed by atoms with Crippen molar-refractivity contribution in [2.45, 2.75) is 26.4 Å². The van der Waals surface area contributed by atoms with Gasteiger partial charge >= 0.3 is 0 Å². The van der Waals surface area contributed by atoms with Crippen LogP contribution in [0.25, 0.3) is 0 Å². The summed E-state index contributed by atoms with van der Waals surface area (Å²) in [5.41, 5.74) is 0. The number of hydrogen-bond donors (Lipinski definition) is 1. The van der Waals surface area contributed by atoms with Crippen molar-refractivity contribution < 1.29 is 5.11 Å². The van der Waals surface area contributed by atoms with E-state index >= 15 is 0 Å². The van der Waals surface area contributed by atoms with Crippen molar-refractivity contribution >= 4 is 33.9 Å². The van der Waals surface area contributed by atoms with Crippen LogP contribution in [0.1, 0.15) is 31.2 Å². The predicted molar refractivity (Wildman–Crippen MR) is 61.5 cm³/mol. The summed E-state index contributed by atoms with van der Waals surface area (Å²) < 4.78 is 1.19. The van der Waals surface area contributed by atoms with E-state index in [1.165, 1.54) is 3.57 Å². The first-order chi connectivity index (χ1) is 5.66. The number of hydrogen-bond acceptors (Lipinski definition) is 2. The SMILES string of the molecule is CCC(C)C(O)c1sccc1I. The minimum Gasteiger partial charge on any atom is -0.387 e. The van der Waals surface area contributed by atoms with E-state index in [1.54, 1.807) is 11.3 Å². The minimum absolute atomic E-state index is 0.276. The number of rotatable bonds is 3. The summed E-state index contributed by atoms with van der Waals surface area (Å²) in [5, 5.41) is 11.9. The van der Waals surface area contributed by atoms with Gasteiger partial charge in [-0.1, -0.05) is 20.3 Å². The second-order valence-corrected chi connectivity index (χ2v) is 5.07. The van der Waals surface area contributed by atoms with E-state index in [0.29, 0.717) is 5.92 Å². The fraction of sp³-hybridized carbons (Fsp3) is 0.556. The Morgan fingerprint density at radius 1 is 1.67 bits per heavy atom. The van der Waals surface area contributed by atoms with Crippen LogP contribution in [-0.2, 0) is 0 Å². The van der Waals surface area contributed by atoms with Crippen LogP contribution in [0.2, 0.25) is 0 Å². The van der Waals surface area contributed by atoms with Gasteiger partial charge in [0.05, 0.1) is 6.10 Å². The van der Waals surface area contributed by atoms with E-state index in [4.69, 9.17) is 0 Å². The standard InChI is InChI=1S/C9H13IOS/c1-3-6(2)8(11)9-7(10)4-5-12-9/h4-6,8,11H,3H2,1-2H3. The van der Waals surface area contributed by atoms with Gasteiger partial charge in [-0.25, -0.2) is 0 Å². The summed E-state index contributed by atoms with van der Waals surface area (Å²) in [7, 11) is 0. The maximum atomic E-state index is 9.86. The molecular formula is C9H13IOS. The van der Waals surface area contributed by atoms with Gasteiger partial charge in [0.15, 0.2) is 0 Å². The molecule has 0 saturated heterocycles. The van der Waals surface area contributed by atoms with Gasteiger partial charge in [-0.3, -0.25) is 0 Å². The molecule has 12 heavy (non-hydrogen) atoms. The Kier molecular flexibility index (Phi) is 3.99. The number of halogens is 1. The lowest BCUT2D eigenvalue weighted by atomic mass is 10.0. The first-order valence-corrected chi connectivity index (χ1v) is 6.03. The number of aliphatic hydroxyl groups is 1. The summed E-state index contributed by atoms with van der Waals surface area (Å²) >= 11 is 3.91. The highest BCUT2D eigenvalue weighted by molar-refractivity contribution is 14.1. The Morgan fingerprint density at radius 2 is 2.33 bits per heavy atom. The van der Waals surface area contributed by atoms with E-state index < -0.39 is 0 Å². The van der Waals surface area contributed by atoms with E-state index in [1.807, 2.05) is 11.4 Å². The summed E-state index contributed by atoms with van der Waals surface area (Å²) in [6.45, 7) is 4.19. The van der Waals surface area contributed by atoms with Crippen LogP contribution in [0.3, 0.4) is 0 Å². The molecule has 0 aliphatic heterocycles. The zero-order valence-corrected chi connectivity index (χ0v) is 10.2. The van der Waals surface area contributed by atoms with E-state index in [0.717, 1.165) is 11.3 Å². The van der Waals surface area contributed by atoms with Gasteiger partial charge in [-0.15, -0.1) is 11.3 Å². The Hall–Kier alpha value is 0.390. The molecule has 0 bridgehead atoms. The van der Waals surface area contributed by atoms with Crippen LogP contribution in [0.4, 0.5) is 0 Å². The molecule has 2 unspecified atom stereocenters. The molecule has 0 aliphatic carbocycles. The summed E-state index contributed by atoms with van der Waals surface area (Å²) in [6, 6.07) is 2.05. The van der Waals surface area contributed by atoms with Gasteiger partial charge < -0.3 is 5.11 Å². The van der Waals surface area contributed by atoms with Gasteiger partial charge in [0, 0.05) is 8.45 Å². The fourth-order valence-corrected chi connectivity index (χ4v) is 3.03. The molecule has 0 amide bonds. The fourth-order valence-electron chi connectivity index (χ4n) is 0.998. The van der Waals surface area contributed by atoms with E-state index in [9.17, 15) is 5.11 Å². The van der Waals surface area contributed by atoms with Crippen LogP contribution < -0.4 is 0 Å². The van der Waals surface area contributed by atoms with Crippen molar-refractivity contribution in [3.8, 4) is 0 Å². The van der Waals surface area contributed by atoms with Crippen molar-refractivity contribution in [1.29, 1.82) is 0 Å². The zero-order chi connectivity index (χ0) is 9.14. The largest absolute Gasteiger partial charge is 0.387 e. The lowest BCUT2D eigenvalue weighted by Crippen LogP contribution is -2.07. The second kappa shape index (κ2) is 4.58. The van der Waals surface area contributed by atoms with Gasteiger partial charge in [-0.05, 0) is 40.0 Å². The maximum absolute atomic E-state index is 9.86. The second-order valence-electron chi connectivity index (χ2n) is 2.96. The smallest absolute Gasteiger partial charge is 0.0917 e. The Labute approximate surface area is 91.0 Å². The summed E-state index contributed by atoms with van der Waals surface area (Å²) in [6.07, 6.45) is 0.747. The third-order valence-electron chi connectivity index (χ3n) is 2.10. The molecular weight excluding hydrogens is 283 g/mol. The van der Waals surface area contributed by atoms with Crippen molar-refractivity contribution in [2.75, 3.05) is 0 Å². The molecule has 3 heteroatoms. The van der Waals surface area contributed by atoms with Crippen LogP contribution in [0, 0.1) is 9.49 Å². The maximum Gasteiger partial charge on any atom is 0.0917 e. The number of aliphatic hydroxyl groups excluding tert-OH is 1. The van der Waals surface area contributed by atoms with Gasteiger partial charge in [-0.2, -0.15) is 0 Å². The topological polar surface area (TPSA) is 20.2 Å². The molecule has 0 fully saturated rings. The van der Waals surface area contributed by atoms with Gasteiger partial charge in [0.25, 0.3) is 0 Å². The molecule has 0 saturated carbocycles. The van der Waals surface area contributed by atoms with Crippen molar-refractivity contribution in [3.63, 3.8) is 0 Å². The van der Waals surface area contributed by atoms with Gasteiger partial charge in [0.2, 0.25) is 0 Å². The lowest BCUT2D eigenvalue weighted by molar-refractivity contribution is 0.118. The Morgan fingerprint density at radius 3 is 2.75 bits per heavy atom. The highest BCUT2D eigenvalue weighted by Crippen LogP contribution is 2.31. The van der Waals surface area contributed by atoms with Crippen LogP contribution in [-0.4, -0.2) is 5.11 Å². The average Bonchev–Trinajstić information content (AvgIpc) is 2.48. The third-order valence-corrected chi connectivity index (χ3v) is 4.39. The van der Waals surface area contributed by atoms with E-state index in [2.05, 4.69) is 36.4 Å². The molecule has 1 N–H and O–H groups in total. The normalized spacial score (nSPS) is 16.0. The first kappa shape index (κ1) is 10.5. The van der Waals surface area contributed by atoms with Crippen molar-refractivity contribution in [2.24, 2.45) is 5.92 Å². The van der Waals surface area contributed by atoms with Gasteiger partial charge in [0.1, 0.15) is 0 Å². The van der Waals surface area contributed by atoms with Crippen molar-refractivity contribution in [1.82, 2.24) is 0 Å². The molecule has 68 valence electrons. The number of thiophene rings is 1. The molecule has 2 atom stereocenters. The quantitative estimate of drug-likeness (QED) is 0.847. The molecule has 1 nitrogen and oxygen atoms in total. The van der Waals surface area contributed by atoms with Crippen LogP contribution >= 0.6 is 33.9 Å². The lowest BCUT2D eigenvalue weighted by Gasteiger charge is -2.15. The highest BCUT2D eigenvalue weighted by atomic mass is 127. The molecule has 0 aromatic carbocycles. The molecule has 1 aromatic heterocycles. The average molecular weight is 296 g/mol. The molecule has 0 radical (unpaired) electrons. The molecule has 1 rings (SSSR count). The monoisotopic (exact) mass is 296 g/mol. The zero-order valence-electron chi connectivity index (χ0n) is 7.25.